The van der Waals surface area contributed by atoms with Crippen molar-refractivity contribution in [1.82, 2.24) is 14.5 Å². The van der Waals surface area contributed by atoms with Crippen LogP contribution < -0.4 is 4.74 Å². The first-order chi connectivity index (χ1) is 19.7. The molecule has 0 spiro atoms. The van der Waals surface area contributed by atoms with Crippen molar-refractivity contribution >= 4 is 0 Å². The van der Waals surface area contributed by atoms with Crippen LogP contribution in [0.25, 0.3) is 11.4 Å². The molecule has 210 valence electrons. The first kappa shape index (κ1) is 28.1. The molecule has 4 aromatic rings. The number of nitrogens with zero attached hydrogens (tertiary/aromatic N) is 3. The van der Waals surface area contributed by atoms with Gasteiger partial charge in [0.1, 0.15) is 5.82 Å². The van der Waals surface area contributed by atoms with Crippen molar-refractivity contribution in [3.63, 3.8) is 0 Å². The molecule has 0 unspecified atom stereocenters. The van der Waals surface area contributed by atoms with Gasteiger partial charge < -0.3 is 9.30 Å². The Morgan fingerprint density at radius 2 is 1.57 bits per heavy atom. The molecule has 1 aromatic heterocycles. The van der Waals surface area contributed by atoms with Gasteiger partial charge in [0.2, 0.25) is 0 Å². The summed E-state index contributed by atoms with van der Waals surface area (Å²) in [4.78, 5) is 7.86. The van der Waals surface area contributed by atoms with Gasteiger partial charge >= 0.3 is 0 Å². The standard InChI is InChI=1S/C35H42FN3O/c1-3-4-22-39-32(34(29-16-10-6-11-17-29)37-35(39)30-18-12-7-13-19-30)26-38(24-27-14-8-5-9-15-27)25-28-20-21-33(40-2)31(36)23-28/h5,7-9,12-15,18-21,23,29H,3-4,6,10-11,16-17,22,24-26H2,1-2H3. The van der Waals surface area contributed by atoms with Crippen molar-refractivity contribution in [1.29, 1.82) is 0 Å². The molecule has 1 aliphatic carbocycles. The highest BCUT2D eigenvalue weighted by Crippen LogP contribution is 2.37. The quantitative estimate of drug-likeness (QED) is 0.180. The van der Waals surface area contributed by atoms with Gasteiger partial charge in [0.15, 0.2) is 11.6 Å². The zero-order valence-electron chi connectivity index (χ0n) is 24.0. The number of ether oxygens (including phenoxy) is 1. The van der Waals surface area contributed by atoms with Crippen LogP contribution >= 0.6 is 0 Å². The molecule has 5 rings (SSSR count). The van der Waals surface area contributed by atoms with E-state index in [0.29, 0.717) is 12.5 Å². The first-order valence-corrected chi connectivity index (χ1v) is 14.9. The Kier molecular flexibility index (Phi) is 9.67. The molecule has 5 heteroatoms. The minimum absolute atomic E-state index is 0.281. The fraction of sp³-hybridized carbons (Fsp3) is 0.400. The maximum Gasteiger partial charge on any atom is 0.165 e. The van der Waals surface area contributed by atoms with E-state index in [1.165, 1.54) is 61.7 Å². The molecule has 0 N–H and O–H groups in total. The number of rotatable bonds is 12. The number of benzene rings is 3. The van der Waals surface area contributed by atoms with Crippen LogP contribution in [0.15, 0.2) is 78.9 Å². The summed E-state index contributed by atoms with van der Waals surface area (Å²) in [5, 5.41) is 0. The van der Waals surface area contributed by atoms with Gasteiger partial charge in [0.25, 0.3) is 0 Å². The summed E-state index contributed by atoms with van der Waals surface area (Å²) in [6, 6.07) is 26.6. The lowest BCUT2D eigenvalue weighted by atomic mass is 9.86. The van der Waals surface area contributed by atoms with E-state index in [1.807, 2.05) is 6.07 Å². The van der Waals surface area contributed by atoms with Crippen LogP contribution in [0.1, 0.15) is 80.3 Å². The van der Waals surface area contributed by atoms with E-state index in [0.717, 1.165) is 43.9 Å². The van der Waals surface area contributed by atoms with Crippen LogP contribution in [-0.4, -0.2) is 21.6 Å². The van der Waals surface area contributed by atoms with Crippen molar-refractivity contribution in [2.75, 3.05) is 7.11 Å². The maximum atomic E-state index is 14.7. The summed E-state index contributed by atoms with van der Waals surface area (Å²) >= 11 is 0. The highest BCUT2D eigenvalue weighted by Gasteiger charge is 2.27. The van der Waals surface area contributed by atoms with Crippen LogP contribution in [-0.2, 0) is 26.2 Å². The minimum Gasteiger partial charge on any atom is -0.494 e. The van der Waals surface area contributed by atoms with Crippen molar-refractivity contribution in [3.8, 4) is 17.1 Å². The summed E-state index contributed by atoms with van der Waals surface area (Å²) in [6.07, 6.45) is 8.50. The third kappa shape index (κ3) is 6.82. The van der Waals surface area contributed by atoms with Crippen molar-refractivity contribution in [2.24, 2.45) is 0 Å². The van der Waals surface area contributed by atoms with Crippen LogP contribution in [0, 0.1) is 5.82 Å². The predicted molar refractivity (Wildman–Crippen MR) is 161 cm³/mol. The molecule has 1 fully saturated rings. The molecule has 0 radical (unpaired) electrons. The Morgan fingerprint density at radius 3 is 2.25 bits per heavy atom. The number of unbranched alkanes of at least 4 members (excludes halogenated alkanes) is 1. The molecule has 3 aromatic carbocycles. The lowest BCUT2D eigenvalue weighted by molar-refractivity contribution is 0.238. The topological polar surface area (TPSA) is 30.3 Å². The summed E-state index contributed by atoms with van der Waals surface area (Å²) < 4.78 is 22.4. The van der Waals surface area contributed by atoms with Crippen molar-refractivity contribution in [2.45, 2.75) is 84.0 Å². The van der Waals surface area contributed by atoms with E-state index in [-0.39, 0.29) is 11.6 Å². The number of hydrogen-bond donors (Lipinski definition) is 0. The third-order valence-electron chi connectivity index (χ3n) is 8.11. The second-order valence-electron chi connectivity index (χ2n) is 11.1. The molecular weight excluding hydrogens is 497 g/mol. The molecule has 0 bridgehead atoms. The van der Waals surface area contributed by atoms with Gasteiger partial charge in [-0.3, -0.25) is 4.90 Å². The Bertz CT molecular complexity index is 1350. The Morgan fingerprint density at radius 1 is 0.875 bits per heavy atom. The van der Waals surface area contributed by atoms with Crippen molar-refractivity contribution < 1.29 is 9.13 Å². The summed E-state index contributed by atoms with van der Waals surface area (Å²) in [6.45, 7) is 5.38. The van der Waals surface area contributed by atoms with Gasteiger partial charge in [-0.25, -0.2) is 9.37 Å². The molecule has 1 saturated carbocycles. The van der Waals surface area contributed by atoms with E-state index in [1.54, 1.807) is 12.1 Å². The number of aromatic nitrogens is 2. The number of hydrogen-bond acceptors (Lipinski definition) is 3. The molecular formula is C35H42FN3O. The molecule has 1 aliphatic rings. The SMILES string of the molecule is CCCCn1c(-c2ccccc2)nc(C2CCCCC2)c1CN(Cc1ccccc1)Cc1ccc(OC)c(F)c1. The van der Waals surface area contributed by atoms with Crippen LogP contribution in [0.5, 0.6) is 5.75 Å². The average molecular weight is 540 g/mol. The van der Waals surface area contributed by atoms with E-state index >= 15 is 0 Å². The van der Waals surface area contributed by atoms with Crippen LogP contribution in [0.4, 0.5) is 4.39 Å². The number of imidazole rings is 1. The predicted octanol–water partition coefficient (Wildman–Crippen LogP) is 8.75. The minimum atomic E-state index is -0.318. The molecule has 40 heavy (non-hydrogen) atoms. The summed E-state index contributed by atoms with van der Waals surface area (Å²) in [7, 11) is 1.51. The normalized spacial score (nSPS) is 14.1. The van der Waals surface area contributed by atoms with Crippen LogP contribution in [0.2, 0.25) is 0 Å². The molecule has 0 amide bonds. The second-order valence-corrected chi connectivity index (χ2v) is 11.1. The zero-order chi connectivity index (χ0) is 27.7. The van der Waals surface area contributed by atoms with Gasteiger partial charge in [0.05, 0.1) is 18.5 Å². The van der Waals surface area contributed by atoms with E-state index in [9.17, 15) is 4.39 Å². The number of halogens is 1. The maximum absolute atomic E-state index is 14.7. The fourth-order valence-electron chi connectivity index (χ4n) is 6.03. The summed E-state index contributed by atoms with van der Waals surface area (Å²) in [5.74, 6) is 1.54. The molecule has 0 aliphatic heterocycles. The average Bonchev–Trinajstić information content (AvgIpc) is 3.35. The van der Waals surface area contributed by atoms with Gasteiger partial charge in [0, 0.05) is 37.7 Å². The van der Waals surface area contributed by atoms with Gasteiger partial charge in [-0.1, -0.05) is 99.3 Å². The third-order valence-corrected chi connectivity index (χ3v) is 8.11. The highest BCUT2D eigenvalue weighted by atomic mass is 19.1. The zero-order valence-corrected chi connectivity index (χ0v) is 24.0. The molecule has 1 heterocycles. The van der Waals surface area contributed by atoms with Gasteiger partial charge in [-0.2, -0.15) is 0 Å². The monoisotopic (exact) mass is 539 g/mol. The van der Waals surface area contributed by atoms with Crippen molar-refractivity contribution in [3.05, 3.63) is 107 Å². The van der Waals surface area contributed by atoms with Gasteiger partial charge in [-0.15, -0.1) is 0 Å². The Hall–Kier alpha value is -3.44. The van der Waals surface area contributed by atoms with Gasteiger partial charge in [-0.05, 0) is 42.5 Å². The smallest absolute Gasteiger partial charge is 0.165 e. The lowest BCUT2D eigenvalue weighted by Gasteiger charge is -2.27. The Balaban J connectivity index is 1.56. The first-order valence-electron chi connectivity index (χ1n) is 14.9. The molecule has 0 saturated heterocycles. The Labute approximate surface area is 238 Å². The van der Waals surface area contributed by atoms with E-state index in [4.69, 9.17) is 9.72 Å². The number of methoxy groups -OCH3 is 1. The fourth-order valence-corrected chi connectivity index (χ4v) is 6.03. The van der Waals surface area contributed by atoms with E-state index in [2.05, 4.69) is 77.1 Å². The molecule has 0 atom stereocenters. The lowest BCUT2D eigenvalue weighted by Crippen LogP contribution is -2.25. The highest BCUT2D eigenvalue weighted by molar-refractivity contribution is 5.57. The summed E-state index contributed by atoms with van der Waals surface area (Å²) in [5.41, 5.74) is 5.96. The second kappa shape index (κ2) is 13.8. The van der Waals surface area contributed by atoms with Crippen LogP contribution in [0.3, 0.4) is 0 Å². The molecule has 4 nitrogen and oxygen atoms in total. The largest absolute Gasteiger partial charge is 0.494 e. The van der Waals surface area contributed by atoms with E-state index < -0.39 is 0 Å².